The van der Waals surface area contributed by atoms with Crippen LogP contribution in [-0.2, 0) is 4.74 Å². The van der Waals surface area contributed by atoms with Crippen molar-refractivity contribution in [3.05, 3.63) is 35.4 Å². The molecule has 1 aromatic carbocycles. The van der Waals surface area contributed by atoms with E-state index in [0.717, 1.165) is 50.9 Å². The molecule has 1 N–H and O–H groups in total. The van der Waals surface area contributed by atoms with Crippen molar-refractivity contribution in [1.82, 2.24) is 9.80 Å². The Morgan fingerprint density at radius 1 is 1.19 bits per heavy atom. The number of aliphatic hydroxyl groups excluding tert-OH is 1. The molecule has 1 atom stereocenters. The van der Waals surface area contributed by atoms with Crippen molar-refractivity contribution >= 4 is 0 Å². The second-order valence-electron chi connectivity index (χ2n) is 5.32. The van der Waals surface area contributed by atoms with Gasteiger partial charge in [-0.15, -0.1) is 0 Å². The first kappa shape index (κ1) is 16.3. The van der Waals surface area contributed by atoms with Gasteiger partial charge in [-0.1, -0.05) is 0 Å². The predicted molar refractivity (Wildman–Crippen MR) is 76.1 cm³/mol. The maximum Gasteiger partial charge on any atom is 0.129 e. The van der Waals surface area contributed by atoms with Gasteiger partial charge in [0.25, 0.3) is 0 Å². The Balaban J connectivity index is 1.84. The van der Waals surface area contributed by atoms with Crippen molar-refractivity contribution in [1.29, 1.82) is 0 Å². The van der Waals surface area contributed by atoms with Crippen LogP contribution in [0.4, 0.5) is 8.78 Å². The van der Waals surface area contributed by atoms with Gasteiger partial charge in [-0.05, 0) is 18.2 Å². The molecule has 0 saturated carbocycles. The average Bonchev–Trinajstić information content (AvgIpc) is 2.49. The van der Waals surface area contributed by atoms with E-state index in [1.54, 1.807) is 7.11 Å². The van der Waals surface area contributed by atoms with E-state index in [1.807, 2.05) is 0 Å². The lowest BCUT2D eigenvalue weighted by Crippen LogP contribution is -2.48. The molecule has 1 aliphatic rings. The van der Waals surface area contributed by atoms with Crippen molar-refractivity contribution in [2.24, 2.45) is 0 Å². The molecule has 0 amide bonds. The van der Waals surface area contributed by atoms with Gasteiger partial charge < -0.3 is 9.84 Å². The van der Waals surface area contributed by atoms with Gasteiger partial charge in [-0.2, -0.15) is 0 Å². The lowest BCUT2D eigenvalue weighted by atomic mass is 10.1. The summed E-state index contributed by atoms with van der Waals surface area (Å²) in [5.74, 6) is -1.10. The zero-order valence-electron chi connectivity index (χ0n) is 12.3. The Kier molecular flexibility index (Phi) is 6.05. The summed E-state index contributed by atoms with van der Waals surface area (Å²) >= 11 is 0. The monoisotopic (exact) mass is 300 g/mol. The van der Waals surface area contributed by atoms with Crippen molar-refractivity contribution in [3.63, 3.8) is 0 Å². The Morgan fingerprint density at radius 2 is 1.86 bits per heavy atom. The van der Waals surface area contributed by atoms with E-state index >= 15 is 0 Å². The minimum Gasteiger partial charge on any atom is -0.387 e. The third-order valence-electron chi connectivity index (χ3n) is 3.82. The van der Waals surface area contributed by atoms with Crippen LogP contribution in [0.25, 0.3) is 0 Å². The van der Waals surface area contributed by atoms with Crippen LogP contribution in [0.2, 0.25) is 0 Å². The smallest absolute Gasteiger partial charge is 0.129 e. The summed E-state index contributed by atoms with van der Waals surface area (Å²) in [5.41, 5.74) is 0.0248. The first-order chi connectivity index (χ1) is 10.1. The van der Waals surface area contributed by atoms with Crippen molar-refractivity contribution in [2.45, 2.75) is 6.10 Å². The second kappa shape index (κ2) is 7.79. The van der Waals surface area contributed by atoms with E-state index < -0.39 is 17.7 Å². The third kappa shape index (κ3) is 4.71. The minimum absolute atomic E-state index is 0.0248. The van der Waals surface area contributed by atoms with Gasteiger partial charge in [0, 0.05) is 51.9 Å². The predicted octanol–water partition coefficient (Wildman–Crippen LogP) is 1.26. The number of hydrogen-bond donors (Lipinski definition) is 1. The highest BCUT2D eigenvalue weighted by Crippen LogP contribution is 2.20. The fraction of sp³-hybridized carbons (Fsp3) is 0.600. The topological polar surface area (TPSA) is 35.9 Å². The largest absolute Gasteiger partial charge is 0.387 e. The highest BCUT2D eigenvalue weighted by molar-refractivity contribution is 5.21. The van der Waals surface area contributed by atoms with E-state index in [-0.39, 0.29) is 5.56 Å². The van der Waals surface area contributed by atoms with Gasteiger partial charge >= 0.3 is 0 Å². The molecule has 1 saturated heterocycles. The first-order valence-corrected chi connectivity index (χ1v) is 7.17. The maximum atomic E-state index is 13.6. The molecule has 0 aromatic heterocycles. The van der Waals surface area contributed by atoms with Gasteiger partial charge in [-0.3, -0.25) is 9.80 Å². The molecule has 1 aromatic rings. The molecule has 0 spiro atoms. The minimum atomic E-state index is -1.01. The SMILES string of the molecule is COCCN1CCN(C[C@@H](O)c2cc(F)ccc2F)CC1. The Hall–Kier alpha value is -1.08. The van der Waals surface area contributed by atoms with Crippen LogP contribution in [0.5, 0.6) is 0 Å². The number of aliphatic hydroxyl groups is 1. The number of β-amino-alcohol motifs (C(OH)–C–C–N with tert-alkyl or cyclic N) is 1. The zero-order chi connectivity index (χ0) is 15.2. The lowest BCUT2D eigenvalue weighted by Gasteiger charge is -2.35. The number of benzene rings is 1. The molecule has 21 heavy (non-hydrogen) atoms. The molecular formula is C15H22F2N2O2. The number of piperazine rings is 1. The highest BCUT2D eigenvalue weighted by atomic mass is 19.1. The normalized spacial score (nSPS) is 18.9. The van der Waals surface area contributed by atoms with E-state index in [4.69, 9.17) is 4.74 Å². The Labute approximate surface area is 123 Å². The van der Waals surface area contributed by atoms with Crippen molar-refractivity contribution < 1.29 is 18.6 Å². The van der Waals surface area contributed by atoms with Gasteiger partial charge in [0.1, 0.15) is 11.6 Å². The Bertz CT molecular complexity index is 451. The summed E-state index contributed by atoms with van der Waals surface area (Å²) < 4.78 is 31.8. The second-order valence-corrected chi connectivity index (χ2v) is 5.32. The molecule has 0 aliphatic carbocycles. The van der Waals surface area contributed by atoms with E-state index in [1.165, 1.54) is 0 Å². The van der Waals surface area contributed by atoms with Gasteiger partial charge in [0.2, 0.25) is 0 Å². The molecule has 118 valence electrons. The van der Waals surface area contributed by atoms with Crippen LogP contribution in [0, 0.1) is 11.6 Å². The lowest BCUT2D eigenvalue weighted by molar-refractivity contribution is 0.0598. The molecule has 4 nitrogen and oxygen atoms in total. The van der Waals surface area contributed by atoms with E-state index in [0.29, 0.717) is 13.2 Å². The summed E-state index contributed by atoms with van der Waals surface area (Å²) in [7, 11) is 1.68. The summed E-state index contributed by atoms with van der Waals surface area (Å²) in [5, 5.41) is 10.1. The van der Waals surface area contributed by atoms with Crippen LogP contribution < -0.4 is 0 Å². The number of hydrogen-bond acceptors (Lipinski definition) is 4. The maximum absolute atomic E-state index is 13.6. The fourth-order valence-electron chi connectivity index (χ4n) is 2.53. The van der Waals surface area contributed by atoms with Crippen LogP contribution >= 0.6 is 0 Å². The number of nitrogens with zero attached hydrogens (tertiary/aromatic N) is 2. The summed E-state index contributed by atoms with van der Waals surface area (Å²) in [6.45, 7) is 5.31. The van der Waals surface area contributed by atoms with Crippen LogP contribution in [-0.4, -0.2) is 67.9 Å². The molecular weight excluding hydrogens is 278 g/mol. The molecule has 0 unspecified atom stereocenters. The standard InChI is InChI=1S/C15H22F2N2O2/c1-21-9-8-18-4-6-19(7-5-18)11-15(20)13-10-12(16)2-3-14(13)17/h2-3,10,15,20H,4-9,11H2,1H3/t15-/m1/s1. The Morgan fingerprint density at radius 3 is 2.52 bits per heavy atom. The van der Waals surface area contributed by atoms with Crippen LogP contribution in [0.3, 0.4) is 0 Å². The van der Waals surface area contributed by atoms with Gasteiger partial charge in [-0.25, -0.2) is 8.78 Å². The van der Waals surface area contributed by atoms with Crippen molar-refractivity contribution in [2.75, 3.05) is 53.0 Å². The highest BCUT2D eigenvalue weighted by Gasteiger charge is 2.21. The summed E-state index contributed by atoms with van der Waals surface area (Å²) in [6, 6.07) is 3.17. The number of methoxy groups -OCH3 is 1. The number of ether oxygens (including phenoxy) is 1. The molecule has 6 heteroatoms. The van der Waals surface area contributed by atoms with Gasteiger partial charge in [0.15, 0.2) is 0 Å². The molecule has 1 fully saturated rings. The van der Waals surface area contributed by atoms with E-state index in [2.05, 4.69) is 9.80 Å². The molecule has 0 radical (unpaired) electrons. The summed E-state index contributed by atoms with van der Waals surface area (Å²) in [4.78, 5) is 4.35. The van der Waals surface area contributed by atoms with E-state index in [9.17, 15) is 13.9 Å². The van der Waals surface area contributed by atoms with Crippen LogP contribution in [0.1, 0.15) is 11.7 Å². The average molecular weight is 300 g/mol. The molecule has 2 rings (SSSR count). The number of halogens is 2. The first-order valence-electron chi connectivity index (χ1n) is 7.17. The molecule has 1 aliphatic heterocycles. The van der Waals surface area contributed by atoms with Crippen LogP contribution in [0.15, 0.2) is 18.2 Å². The molecule has 0 bridgehead atoms. The third-order valence-corrected chi connectivity index (χ3v) is 3.82. The zero-order valence-corrected chi connectivity index (χ0v) is 12.3. The summed E-state index contributed by atoms with van der Waals surface area (Å²) in [6.07, 6.45) is -1.01. The van der Waals surface area contributed by atoms with Crippen molar-refractivity contribution in [3.8, 4) is 0 Å². The number of rotatable bonds is 6. The molecule has 1 heterocycles. The quantitative estimate of drug-likeness (QED) is 0.858. The van der Waals surface area contributed by atoms with Gasteiger partial charge in [0.05, 0.1) is 12.7 Å². The fourth-order valence-corrected chi connectivity index (χ4v) is 2.53.